The summed E-state index contributed by atoms with van der Waals surface area (Å²) in [6.07, 6.45) is 5.80. The third kappa shape index (κ3) is 8.09. The fourth-order valence-electron chi connectivity index (χ4n) is 1.87. The lowest BCUT2D eigenvalue weighted by Gasteiger charge is -2.08. The van der Waals surface area contributed by atoms with Crippen LogP contribution in [0.25, 0.3) is 0 Å². The Bertz CT molecular complexity index is 443. The van der Waals surface area contributed by atoms with Gasteiger partial charge in [0.2, 0.25) is 5.91 Å². The van der Waals surface area contributed by atoms with Gasteiger partial charge in [-0.1, -0.05) is 26.2 Å². The first-order valence-electron chi connectivity index (χ1n) is 7.40. The van der Waals surface area contributed by atoms with E-state index in [9.17, 15) is 9.90 Å². The molecule has 0 aliphatic rings. The number of aromatic hydroxyl groups is 1. The van der Waals surface area contributed by atoms with Gasteiger partial charge in [-0.05, 0) is 42.7 Å². The van der Waals surface area contributed by atoms with Crippen LogP contribution in [-0.2, 0) is 4.79 Å². The molecule has 1 atom stereocenters. The summed E-state index contributed by atoms with van der Waals surface area (Å²) < 4.78 is 0. The van der Waals surface area contributed by atoms with E-state index in [4.69, 9.17) is 5.11 Å². The summed E-state index contributed by atoms with van der Waals surface area (Å²) in [5.41, 5.74) is 3.21. The largest absolute Gasteiger partial charge is 0.508 e. The average Bonchev–Trinajstić information content (AvgIpc) is 2.47. The van der Waals surface area contributed by atoms with Gasteiger partial charge in [0, 0.05) is 6.42 Å². The Morgan fingerprint density at radius 3 is 2.67 bits per heavy atom. The first kappa shape index (κ1) is 17.2. The lowest BCUT2D eigenvalue weighted by molar-refractivity contribution is -0.121. The molecule has 0 bridgehead atoms. The summed E-state index contributed by atoms with van der Waals surface area (Å²) in [4.78, 5) is 11.5. The van der Waals surface area contributed by atoms with Gasteiger partial charge in [0.15, 0.2) is 0 Å². The number of rotatable bonds is 9. The van der Waals surface area contributed by atoms with Crippen LogP contribution in [0, 0.1) is 0 Å². The molecule has 0 saturated carbocycles. The smallest absolute Gasteiger partial charge is 0.240 e. The fraction of sp³-hybridized carbons (Fsp3) is 0.500. The van der Waals surface area contributed by atoms with Crippen molar-refractivity contribution in [1.29, 1.82) is 0 Å². The molecule has 1 aromatic carbocycles. The van der Waals surface area contributed by atoms with Crippen LogP contribution < -0.4 is 5.43 Å². The Labute approximate surface area is 125 Å². The number of benzene rings is 1. The van der Waals surface area contributed by atoms with Gasteiger partial charge in [0.1, 0.15) is 5.75 Å². The molecule has 21 heavy (non-hydrogen) atoms. The Morgan fingerprint density at radius 1 is 1.29 bits per heavy atom. The van der Waals surface area contributed by atoms with E-state index in [1.165, 1.54) is 6.21 Å². The number of aliphatic hydroxyl groups excluding tert-OH is 1. The minimum atomic E-state index is -0.414. The number of hydrogen-bond donors (Lipinski definition) is 3. The summed E-state index contributed by atoms with van der Waals surface area (Å²) in [6, 6.07) is 6.50. The second-order valence-corrected chi connectivity index (χ2v) is 5.07. The summed E-state index contributed by atoms with van der Waals surface area (Å²) >= 11 is 0. The maximum absolute atomic E-state index is 11.5. The number of hydrogen-bond acceptors (Lipinski definition) is 4. The van der Waals surface area contributed by atoms with Gasteiger partial charge < -0.3 is 10.2 Å². The van der Waals surface area contributed by atoms with E-state index in [2.05, 4.69) is 17.5 Å². The van der Waals surface area contributed by atoms with E-state index in [1.807, 2.05) is 0 Å². The van der Waals surface area contributed by atoms with Crippen LogP contribution >= 0.6 is 0 Å². The normalized spacial score (nSPS) is 12.5. The zero-order chi connectivity index (χ0) is 15.5. The van der Waals surface area contributed by atoms with E-state index in [1.54, 1.807) is 24.3 Å². The van der Waals surface area contributed by atoms with Crippen LogP contribution in [0.2, 0.25) is 0 Å². The van der Waals surface area contributed by atoms with E-state index >= 15 is 0 Å². The number of amides is 1. The molecule has 5 nitrogen and oxygen atoms in total. The van der Waals surface area contributed by atoms with Crippen molar-refractivity contribution in [3.63, 3.8) is 0 Å². The Kier molecular flexibility index (Phi) is 8.12. The van der Waals surface area contributed by atoms with Crippen molar-refractivity contribution >= 4 is 12.1 Å². The number of phenolic OH excluding ortho intramolecular Hbond substituents is 1. The van der Waals surface area contributed by atoms with E-state index in [-0.39, 0.29) is 18.1 Å². The van der Waals surface area contributed by atoms with Gasteiger partial charge >= 0.3 is 0 Å². The lowest BCUT2D eigenvalue weighted by Crippen LogP contribution is -2.19. The number of carbonyl (C=O) groups is 1. The fourth-order valence-corrected chi connectivity index (χ4v) is 1.87. The van der Waals surface area contributed by atoms with Gasteiger partial charge in [-0.15, -0.1) is 0 Å². The molecule has 1 rings (SSSR count). The number of nitrogens with one attached hydrogen (secondary N) is 1. The zero-order valence-corrected chi connectivity index (χ0v) is 12.5. The van der Waals surface area contributed by atoms with Crippen LogP contribution in [0.1, 0.15) is 51.0 Å². The van der Waals surface area contributed by atoms with Crippen molar-refractivity contribution in [1.82, 2.24) is 5.43 Å². The molecule has 5 heteroatoms. The Morgan fingerprint density at radius 2 is 2.00 bits per heavy atom. The molecule has 0 fully saturated rings. The minimum Gasteiger partial charge on any atom is -0.508 e. The maximum atomic E-state index is 11.5. The van der Waals surface area contributed by atoms with Crippen molar-refractivity contribution in [2.24, 2.45) is 5.10 Å². The molecule has 1 unspecified atom stereocenters. The number of unbranched alkanes of at least 4 members (excludes halogenated alkanes) is 2. The highest BCUT2D eigenvalue weighted by Gasteiger charge is 2.07. The highest BCUT2D eigenvalue weighted by atomic mass is 16.3. The number of nitrogens with zero attached hydrogens (tertiary/aromatic N) is 1. The maximum Gasteiger partial charge on any atom is 0.240 e. The molecule has 1 aromatic rings. The molecule has 0 aliphatic carbocycles. The molecule has 116 valence electrons. The first-order valence-corrected chi connectivity index (χ1v) is 7.40. The zero-order valence-electron chi connectivity index (χ0n) is 12.5. The van der Waals surface area contributed by atoms with Crippen molar-refractivity contribution in [2.45, 2.75) is 51.6 Å². The average molecular weight is 292 g/mol. The van der Waals surface area contributed by atoms with Crippen LogP contribution in [0.3, 0.4) is 0 Å². The van der Waals surface area contributed by atoms with Gasteiger partial charge in [-0.3, -0.25) is 4.79 Å². The third-order valence-corrected chi connectivity index (χ3v) is 3.14. The summed E-state index contributed by atoms with van der Waals surface area (Å²) in [5, 5.41) is 22.7. The molecule has 0 aliphatic heterocycles. The predicted molar refractivity (Wildman–Crippen MR) is 83.2 cm³/mol. The minimum absolute atomic E-state index is 0.188. The van der Waals surface area contributed by atoms with Crippen LogP contribution in [0.5, 0.6) is 5.75 Å². The molecule has 0 saturated heterocycles. The van der Waals surface area contributed by atoms with Crippen molar-refractivity contribution in [2.75, 3.05) is 0 Å². The van der Waals surface area contributed by atoms with Gasteiger partial charge in [0.05, 0.1) is 12.3 Å². The van der Waals surface area contributed by atoms with E-state index in [0.29, 0.717) is 6.42 Å². The quantitative estimate of drug-likeness (QED) is 0.371. The van der Waals surface area contributed by atoms with Crippen LogP contribution in [0.15, 0.2) is 29.4 Å². The molecule has 1 amide bonds. The molecule has 3 N–H and O–H groups in total. The highest BCUT2D eigenvalue weighted by Crippen LogP contribution is 2.09. The molecule has 0 aromatic heterocycles. The van der Waals surface area contributed by atoms with Gasteiger partial charge in [-0.25, -0.2) is 5.43 Å². The summed E-state index contributed by atoms with van der Waals surface area (Å²) in [6.45, 7) is 2.12. The van der Waals surface area contributed by atoms with Crippen molar-refractivity contribution in [3.8, 4) is 5.75 Å². The molecule has 0 spiro atoms. The molecule has 0 heterocycles. The number of hydrazone groups is 1. The second-order valence-electron chi connectivity index (χ2n) is 5.07. The van der Waals surface area contributed by atoms with Gasteiger partial charge in [0.25, 0.3) is 0 Å². The van der Waals surface area contributed by atoms with Crippen LogP contribution in [-0.4, -0.2) is 28.4 Å². The summed E-state index contributed by atoms with van der Waals surface area (Å²) in [5.74, 6) is -0.0205. The number of phenols is 1. The lowest BCUT2D eigenvalue weighted by atomic mass is 10.1. The van der Waals surface area contributed by atoms with Crippen molar-refractivity contribution in [3.05, 3.63) is 29.8 Å². The summed E-state index contributed by atoms with van der Waals surface area (Å²) in [7, 11) is 0. The standard InChI is InChI=1S/C16H24N2O3/c1-2-3-4-5-14(19)10-11-16(21)18-17-12-13-6-8-15(20)9-7-13/h6-9,12,14,19-20H,2-5,10-11H2,1H3,(H,18,21). The molecule has 0 radical (unpaired) electrons. The Hall–Kier alpha value is -1.88. The van der Waals surface area contributed by atoms with Gasteiger partial charge in [-0.2, -0.15) is 5.10 Å². The molecular formula is C16H24N2O3. The monoisotopic (exact) mass is 292 g/mol. The third-order valence-electron chi connectivity index (χ3n) is 3.14. The first-order chi connectivity index (χ1) is 10.1. The number of carbonyl (C=O) groups excluding carboxylic acids is 1. The SMILES string of the molecule is CCCCCC(O)CCC(=O)NN=Cc1ccc(O)cc1. The topological polar surface area (TPSA) is 81.9 Å². The van der Waals surface area contributed by atoms with Crippen LogP contribution in [0.4, 0.5) is 0 Å². The van der Waals surface area contributed by atoms with Crippen molar-refractivity contribution < 1.29 is 15.0 Å². The van der Waals surface area contributed by atoms with E-state index < -0.39 is 6.10 Å². The molecular weight excluding hydrogens is 268 g/mol. The highest BCUT2D eigenvalue weighted by molar-refractivity contribution is 5.82. The second kappa shape index (κ2) is 9.94. The Balaban J connectivity index is 2.20. The number of aliphatic hydroxyl groups is 1. The van der Waals surface area contributed by atoms with E-state index in [0.717, 1.165) is 31.2 Å². The predicted octanol–water partition coefficient (Wildman–Crippen LogP) is 2.56.